The van der Waals surface area contributed by atoms with Crippen LogP contribution in [0.3, 0.4) is 0 Å². The molecule has 2 aliphatic rings. The number of amides is 1. The van der Waals surface area contributed by atoms with Crippen LogP contribution >= 0.6 is 35.0 Å². The highest BCUT2D eigenvalue weighted by atomic mass is 35.5. The third-order valence-electron chi connectivity index (χ3n) is 3.78. The van der Waals surface area contributed by atoms with Gasteiger partial charge in [0, 0.05) is 24.8 Å². The van der Waals surface area contributed by atoms with Crippen molar-refractivity contribution in [3.05, 3.63) is 22.2 Å². The average molecular weight is 348 g/mol. The Balaban J connectivity index is 1.72. The van der Waals surface area contributed by atoms with Crippen LogP contribution in [0.25, 0.3) is 0 Å². The van der Waals surface area contributed by atoms with E-state index in [1.165, 1.54) is 17.8 Å². The highest BCUT2D eigenvalue weighted by Gasteiger charge is 2.37. The number of aromatic hydroxyl groups is 1. The molecule has 1 aromatic carbocycles. The Hall–Kier alpha value is -0.620. The fourth-order valence-corrected chi connectivity index (χ4v) is 4.40. The van der Waals surface area contributed by atoms with Crippen molar-refractivity contribution >= 4 is 40.9 Å². The summed E-state index contributed by atoms with van der Waals surface area (Å²) in [5, 5.41) is 10.8. The maximum atomic E-state index is 12.1. The molecule has 1 amide bonds. The molecule has 2 saturated heterocycles. The number of carbonyl (C=O) groups is 1. The van der Waals surface area contributed by atoms with E-state index in [2.05, 4.69) is 0 Å². The van der Waals surface area contributed by atoms with Gasteiger partial charge in [0.15, 0.2) is 0 Å². The van der Waals surface area contributed by atoms with E-state index in [0.717, 1.165) is 6.42 Å². The largest absolute Gasteiger partial charge is 0.507 e. The highest BCUT2D eigenvalue weighted by molar-refractivity contribution is 8.00. The van der Waals surface area contributed by atoms with Gasteiger partial charge in [-0.1, -0.05) is 23.2 Å². The van der Waals surface area contributed by atoms with Crippen LogP contribution in [-0.2, 0) is 9.53 Å². The Bertz CT molecular complexity index is 563. The van der Waals surface area contributed by atoms with Gasteiger partial charge in [0.1, 0.15) is 5.75 Å². The van der Waals surface area contributed by atoms with Crippen molar-refractivity contribution in [1.29, 1.82) is 0 Å². The number of phenolic OH excluding ortho intramolecular Hbond substituents is 1. The van der Waals surface area contributed by atoms with Crippen molar-refractivity contribution in [3.63, 3.8) is 0 Å². The van der Waals surface area contributed by atoms with Crippen LogP contribution in [0.2, 0.25) is 10.0 Å². The number of hydrogen-bond donors (Lipinski definition) is 1. The van der Waals surface area contributed by atoms with E-state index in [-0.39, 0.29) is 22.9 Å². The van der Waals surface area contributed by atoms with Gasteiger partial charge in [0.25, 0.3) is 0 Å². The summed E-state index contributed by atoms with van der Waals surface area (Å²) in [4.78, 5) is 14.6. The zero-order valence-electron chi connectivity index (χ0n) is 11.2. The van der Waals surface area contributed by atoms with E-state index in [1.54, 1.807) is 6.07 Å². The van der Waals surface area contributed by atoms with Crippen LogP contribution < -0.4 is 0 Å². The Kier molecular flexibility index (Phi) is 4.54. The van der Waals surface area contributed by atoms with E-state index in [1.807, 2.05) is 4.90 Å². The van der Waals surface area contributed by atoms with Crippen molar-refractivity contribution in [2.75, 3.05) is 19.8 Å². The molecule has 0 radical (unpaired) electrons. The predicted molar refractivity (Wildman–Crippen MR) is 83.3 cm³/mol. The summed E-state index contributed by atoms with van der Waals surface area (Å²) in [7, 11) is 0. The lowest BCUT2D eigenvalue weighted by atomic mass is 10.2. The molecule has 0 aromatic heterocycles. The van der Waals surface area contributed by atoms with Crippen molar-refractivity contribution in [3.8, 4) is 5.75 Å². The summed E-state index contributed by atoms with van der Waals surface area (Å²) < 4.78 is 5.35. The second-order valence-corrected chi connectivity index (χ2v) is 7.31. The van der Waals surface area contributed by atoms with Crippen LogP contribution in [0.4, 0.5) is 0 Å². The van der Waals surface area contributed by atoms with Gasteiger partial charge in [0.05, 0.1) is 27.6 Å². The van der Waals surface area contributed by atoms with Crippen LogP contribution in [0.1, 0.15) is 12.8 Å². The summed E-state index contributed by atoms with van der Waals surface area (Å²) in [6.45, 7) is 1.99. The molecular formula is C14H15Cl2NO3S. The average Bonchev–Trinajstić information content (AvgIpc) is 3.08. The third-order valence-corrected chi connectivity index (χ3v) is 6.00. The second kappa shape index (κ2) is 6.24. The lowest BCUT2D eigenvalue weighted by molar-refractivity contribution is -0.129. The first-order valence-electron chi connectivity index (χ1n) is 6.77. The number of carbonyl (C=O) groups excluding carboxylic acids is 1. The maximum Gasteiger partial charge on any atom is 0.224 e. The van der Waals surface area contributed by atoms with Gasteiger partial charge in [-0.15, -0.1) is 11.8 Å². The SMILES string of the molecule is O=C1C[C@@H](Sc2c(O)ccc(Cl)c2Cl)CN1[C@@H]1CCOC1. The minimum atomic E-state index is 0.0694. The topological polar surface area (TPSA) is 49.8 Å². The molecule has 0 saturated carbocycles. The fourth-order valence-electron chi connectivity index (χ4n) is 2.70. The first-order chi connectivity index (χ1) is 10.1. The van der Waals surface area contributed by atoms with E-state index >= 15 is 0 Å². The molecule has 21 heavy (non-hydrogen) atoms. The molecule has 0 aliphatic carbocycles. The smallest absolute Gasteiger partial charge is 0.224 e. The highest BCUT2D eigenvalue weighted by Crippen LogP contribution is 2.43. The van der Waals surface area contributed by atoms with Gasteiger partial charge in [0.2, 0.25) is 5.91 Å². The van der Waals surface area contributed by atoms with E-state index in [9.17, 15) is 9.90 Å². The quantitative estimate of drug-likeness (QED) is 0.912. The lowest BCUT2D eigenvalue weighted by Crippen LogP contribution is -2.37. The molecule has 0 unspecified atom stereocenters. The number of likely N-dealkylation sites (tertiary alicyclic amines) is 1. The molecule has 1 aromatic rings. The van der Waals surface area contributed by atoms with Gasteiger partial charge in [-0.25, -0.2) is 0 Å². The molecular weight excluding hydrogens is 333 g/mol. The van der Waals surface area contributed by atoms with Gasteiger partial charge in [-0.3, -0.25) is 4.79 Å². The molecule has 4 nitrogen and oxygen atoms in total. The standard InChI is InChI=1S/C14H15Cl2NO3S/c15-10-1-2-11(18)14(13(10)16)21-9-5-12(19)17(6-9)8-3-4-20-7-8/h1-2,8-9,18H,3-7H2/t8-,9-/m1/s1. The minimum absolute atomic E-state index is 0.0694. The zero-order valence-corrected chi connectivity index (χ0v) is 13.5. The third kappa shape index (κ3) is 3.11. The maximum absolute atomic E-state index is 12.1. The molecule has 114 valence electrons. The molecule has 2 atom stereocenters. The van der Waals surface area contributed by atoms with Gasteiger partial charge >= 0.3 is 0 Å². The van der Waals surface area contributed by atoms with Gasteiger partial charge in [-0.05, 0) is 18.6 Å². The predicted octanol–water partition coefficient (Wildman–Crippen LogP) is 3.18. The van der Waals surface area contributed by atoms with E-state index < -0.39 is 0 Å². The molecule has 2 fully saturated rings. The number of benzene rings is 1. The van der Waals surface area contributed by atoms with Crippen molar-refractivity contribution in [2.45, 2.75) is 29.0 Å². The number of hydrogen-bond acceptors (Lipinski definition) is 4. The van der Waals surface area contributed by atoms with Crippen molar-refractivity contribution in [1.82, 2.24) is 4.90 Å². The molecule has 3 rings (SSSR count). The molecule has 2 heterocycles. The second-order valence-electron chi connectivity index (χ2n) is 5.22. The van der Waals surface area contributed by atoms with Gasteiger partial charge < -0.3 is 14.7 Å². The summed E-state index contributed by atoms with van der Waals surface area (Å²) in [5.74, 6) is 0.241. The zero-order chi connectivity index (χ0) is 15.0. The molecule has 7 heteroatoms. The lowest BCUT2D eigenvalue weighted by Gasteiger charge is -2.22. The molecule has 0 spiro atoms. The minimum Gasteiger partial charge on any atom is -0.507 e. The van der Waals surface area contributed by atoms with E-state index in [4.69, 9.17) is 27.9 Å². The molecule has 1 N–H and O–H groups in total. The van der Waals surface area contributed by atoms with Crippen LogP contribution in [-0.4, -0.2) is 47.0 Å². The van der Waals surface area contributed by atoms with E-state index in [0.29, 0.717) is 41.1 Å². The van der Waals surface area contributed by atoms with Crippen LogP contribution in [0.15, 0.2) is 17.0 Å². The van der Waals surface area contributed by atoms with Crippen LogP contribution in [0.5, 0.6) is 5.75 Å². The summed E-state index contributed by atoms with van der Waals surface area (Å²) in [6, 6.07) is 3.27. The first kappa shape index (κ1) is 15.3. The Morgan fingerprint density at radius 2 is 2.19 bits per heavy atom. The van der Waals surface area contributed by atoms with Crippen molar-refractivity contribution in [2.24, 2.45) is 0 Å². The summed E-state index contributed by atoms with van der Waals surface area (Å²) in [5.41, 5.74) is 0. The monoisotopic (exact) mass is 347 g/mol. The van der Waals surface area contributed by atoms with Crippen LogP contribution in [0, 0.1) is 0 Å². The fraction of sp³-hybridized carbons (Fsp3) is 0.500. The first-order valence-corrected chi connectivity index (χ1v) is 8.40. The number of rotatable bonds is 3. The molecule has 0 bridgehead atoms. The summed E-state index contributed by atoms with van der Waals surface area (Å²) >= 11 is 13.5. The molecule has 2 aliphatic heterocycles. The Morgan fingerprint density at radius 1 is 1.38 bits per heavy atom. The Labute approximate surface area is 137 Å². The van der Waals surface area contributed by atoms with Crippen molar-refractivity contribution < 1.29 is 14.6 Å². The number of nitrogens with zero attached hydrogens (tertiary/aromatic N) is 1. The van der Waals surface area contributed by atoms with Gasteiger partial charge in [-0.2, -0.15) is 0 Å². The number of thioether (sulfide) groups is 1. The number of halogens is 2. The number of phenols is 1. The Morgan fingerprint density at radius 3 is 2.90 bits per heavy atom. The normalized spacial score (nSPS) is 25.8. The summed E-state index contributed by atoms with van der Waals surface area (Å²) in [6.07, 6.45) is 1.34. The number of ether oxygens (including phenoxy) is 1.